The van der Waals surface area contributed by atoms with E-state index in [0.717, 1.165) is 23.1 Å². The number of aromatic nitrogens is 2. The van der Waals surface area contributed by atoms with Crippen LogP contribution in [0.4, 0.5) is 0 Å². The Morgan fingerprint density at radius 2 is 1.82 bits per heavy atom. The largest absolute Gasteiger partial charge is 0.497 e. The molecule has 3 aromatic rings. The second kappa shape index (κ2) is 11.2. The van der Waals surface area contributed by atoms with Crippen molar-refractivity contribution >= 4 is 17.7 Å². The highest BCUT2D eigenvalue weighted by Crippen LogP contribution is 2.24. The molecule has 8 nitrogen and oxygen atoms in total. The maximum absolute atomic E-state index is 12.6. The summed E-state index contributed by atoms with van der Waals surface area (Å²) in [7, 11) is 3.27. The summed E-state index contributed by atoms with van der Waals surface area (Å²) in [6, 6.07) is 16.4. The van der Waals surface area contributed by atoms with Gasteiger partial charge in [-0.05, 0) is 48.9 Å². The molecule has 1 heterocycles. The monoisotopic (exact) mass is 464 g/mol. The molecule has 1 N–H and O–H groups in total. The van der Waals surface area contributed by atoms with Crippen LogP contribution in [0.15, 0.2) is 58.5 Å². The lowest BCUT2D eigenvalue weighted by atomic mass is 10.1. The topological polar surface area (TPSA) is 108 Å². The van der Waals surface area contributed by atoms with Gasteiger partial charge < -0.3 is 19.4 Å². The van der Waals surface area contributed by atoms with E-state index in [2.05, 4.69) is 9.97 Å². The summed E-state index contributed by atoms with van der Waals surface area (Å²) in [4.78, 5) is 33.7. The maximum Gasteiger partial charge on any atom is 0.270 e. The average Bonchev–Trinajstić information content (AvgIpc) is 2.83. The molecular formula is C24H24N4O4S. The number of methoxy groups -OCH3 is 1. The van der Waals surface area contributed by atoms with Crippen molar-refractivity contribution in [3.63, 3.8) is 0 Å². The van der Waals surface area contributed by atoms with E-state index >= 15 is 0 Å². The van der Waals surface area contributed by atoms with Gasteiger partial charge in [0.05, 0.1) is 25.2 Å². The number of thioether (sulfide) groups is 1. The van der Waals surface area contributed by atoms with Gasteiger partial charge >= 0.3 is 0 Å². The molecule has 170 valence electrons. The molecule has 0 fully saturated rings. The lowest BCUT2D eigenvalue weighted by Gasteiger charge is -2.17. The molecule has 0 saturated carbocycles. The lowest BCUT2D eigenvalue weighted by molar-refractivity contribution is -0.127. The lowest BCUT2D eigenvalue weighted by Crippen LogP contribution is -2.28. The molecule has 0 atom stereocenters. The summed E-state index contributed by atoms with van der Waals surface area (Å²) in [5, 5.41) is 9.69. The fourth-order valence-corrected chi connectivity index (χ4v) is 3.84. The van der Waals surface area contributed by atoms with Crippen molar-refractivity contribution in [1.29, 1.82) is 5.26 Å². The summed E-state index contributed by atoms with van der Waals surface area (Å²) < 4.78 is 10.6. The highest BCUT2D eigenvalue weighted by Gasteiger charge is 2.16. The third-order valence-electron chi connectivity index (χ3n) is 4.79. The van der Waals surface area contributed by atoms with Gasteiger partial charge in [-0.2, -0.15) is 5.26 Å². The first-order valence-electron chi connectivity index (χ1n) is 10.2. The fraction of sp³-hybridized carbons (Fsp3) is 0.250. The molecule has 0 radical (unpaired) electrons. The van der Waals surface area contributed by atoms with Crippen LogP contribution in [0.5, 0.6) is 11.5 Å². The molecule has 0 aliphatic carbocycles. The summed E-state index contributed by atoms with van der Waals surface area (Å²) in [6.07, 6.45) is 0. The van der Waals surface area contributed by atoms with E-state index < -0.39 is 5.56 Å². The van der Waals surface area contributed by atoms with Crippen LogP contribution < -0.4 is 15.0 Å². The van der Waals surface area contributed by atoms with Crippen LogP contribution in [-0.4, -0.2) is 47.3 Å². The predicted octanol–water partition coefficient (Wildman–Crippen LogP) is 3.47. The highest BCUT2D eigenvalue weighted by molar-refractivity contribution is 7.99. The molecule has 2 aromatic carbocycles. The van der Waals surface area contributed by atoms with Gasteiger partial charge in [0, 0.05) is 19.2 Å². The Balaban J connectivity index is 1.69. The number of aromatic amines is 1. The van der Waals surface area contributed by atoms with Gasteiger partial charge in [0.1, 0.15) is 23.1 Å². The van der Waals surface area contributed by atoms with Crippen LogP contribution in [0.3, 0.4) is 0 Å². The van der Waals surface area contributed by atoms with Crippen molar-refractivity contribution in [3.8, 4) is 28.8 Å². The van der Waals surface area contributed by atoms with Gasteiger partial charge in [-0.25, -0.2) is 4.98 Å². The zero-order chi connectivity index (χ0) is 23.8. The number of benzene rings is 2. The number of nitrogens with zero attached hydrogens (tertiary/aromatic N) is 3. The van der Waals surface area contributed by atoms with Gasteiger partial charge in [0.15, 0.2) is 5.16 Å². The Labute approximate surface area is 196 Å². The van der Waals surface area contributed by atoms with Crippen molar-refractivity contribution in [2.75, 3.05) is 26.5 Å². The van der Waals surface area contributed by atoms with Crippen molar-refractivity contribution in [2.24, 2.45) is 0 Å². The summed E-state index contributed by atoms with van der Waals surface area (Å²) in [6.45, 7) is 2.97. The third-order valence-corrected chi connectivity index (χ3v) is 5.64. The highest BCUT2D eigenvalue weighted by atomic mass is 32.2. The van der Waals surface area contributed by atoms with Gasteiger partial charge in [0.2, 0.25) is 5.91 Å². The zero-order valence-electron chi connectivity index (χ0n) is 18.6. The first kappa shape index (κ1) is 23.9. The number of hydrogen-bond acceptors (Lipinski definition) is 7. The normalized spacial score (nSPS) is 10.4. The van der Waals surface area contributed by atoms with Crippen LogP contribution >= 0.6 is 11.8 Å². The van der Waals surface area contributed by atoms with E-state index in [1.165, 1.54) is 0 Å². The number of ether oxygens (including phenoxy) is 2. The molecule has 0 aliphatic rings. The number of H-pyrrole nitrogens is 1. The Morgan fingerprint density at radius 3 is 2.42 bits per heavy atom. The molecule has 3 rings (SSSR count). The first-order valence-corrected chi connectivity index (χ1v) is 11.2. The van der Waals surface area contributed by atoms with Crippen LogP contribution in [-0.2, 0) is 11.3 Å². The van der Waals surface area contributed by atoms with E-state index in [1.54, 1.807) is 43.3 Å². The number of carbonyl (C=O) groups excluding carboxylic acids is 1. The molecule has 33 heavy (non-hydrogen) atoms. The van der Waals surface area contributed by atoms with E-state index in [4.69, 9.17) is 9.47 Å². The van der Waals surface area contributed by atoms with Crippen molar-refractivity contribution < 1.29 is 14.3 Å². The molecule has 0 bridgehead atoms. The van der Waals surface area contributed by atoms with Crippen molar-refractivity contribution in [2.45, 2.75) is 18.6 Å². The Hall–Kier alpha value is -3.77. The molecule has 0 saturated heterocycles. The Kier molecular flexibility index (Phi) is 8.11. The van der Waals surface area contributed by atoms with Crippen LogP contribution in [0.2, 0.25) is 0 Å². The Bertz CT molecular complexity index is 1200. The van der Waals surface area contributed by atoms with Gasteiger partial charge in [0.25, 0.3) is 5.56 Å². The standard InChI is InChI=1S/C24H24N4O4S/c1-4-32-19-9-5-16(6-10-19)14-28(2)21(29)15-33-24-26-22(20(13-25)23(30)27-24)17-7-11-18(31-3)12-8-17/h5-12H,4,14-15H2,1-3H3,(H,26,27,30). The predicted molar refractivity (Wildman–Crippen MR) is 126 cm³/mol. The number of nitrogens with one attached hydrogen (secondary N) is 1. The number of rotatable bonds is 9. The maximum atomic E-state index is 12.6. The Morgan fingerprint density at radius 1 is 1.15 bits per heavy atom. The second-order valence-electron chi connectivity index (χ2n) is 7.05. The van der Waals surface area contributed by atoms with Gasteiger partial charge in [-0.3, -0.25) is 9.59 Å². The van der Waals surface area contributed by atoms with Gasteiger partial charge in [-0.15, -0.1) is 0 Å². The summed E-state index contributed by atoms with van der Waals surface area (Å²) >= 11 is 1.11. The molecule has 0 aliphatic heterocycles. The molecule has 1 aromatic heterocycles. The minimum Gasteiger partial charge on any atom is -0.497 e. The minimum atomic E-state index is -0.545. The zero-order valence-corrected chi connectivity index (χ0v) is 19.4. The number of amides is 1. The SMILES string of the molecule is CCOc1ccc(CN(C)C(=O)CSc2nc(-c3ccc(OC)cc3)c(C#N)c(=O)[nH]2)cc1. The smallest absolute Gasteiger partial charge is 0.270 e. The van der Waals surface area contributed by atoms with Crippen molar-refractivity contribution in [1.82, 2.24) is 14.9 Å². The van der Waals surface area contributed by atoms with E-state index in [1.807, 2.05) is 37.3 Å². The third kappa shape index (κ3) is 6.14. The van der Waals surface area contributed by atoms with Crippen LogP contribution in [0.1, 0.15) is 18.1 Å². The fourth-order valence-electron chi connectivity index (χ4n) is 3.04. The molecule has 0 spiro atoms. The molecule has 1 amide bonds. The molecular weight excluding hydrogens is 440 g/mol. The van der Waals surface area contributed by atoms with Crippen molar-refractivity contribution in [3.05, 3.63) is 70.0 Å². The molecule has 0 unspecified atom stereocenters. The first-order chi connectivity index (χ1) is 15.9. The van der Waals surface area contributed by atoms with E-state index in [0.29, 0.717) is 24.5 Å². The number of carbonyl (C=O) groups is 1. The quantitative estimate of drug-likeness (QED) is 0.382. The van der Waals surface area contributed by atoms with Crippen LogP contribution in [0.25, 0.3) is 11.3 Å². The number of hydrogen-bond donors (Lipinski definition) is 1. The number of nitriles is 1. The second-order valence-corrected chi connectivity index (χ2v) is 8.01. The van der Waals surface area contributed by atoms with Crippen LogP contribution in [0, 0.1) is 11.3 Å². The van der Waals surface area contributed by atoms with E-state index in [-0.39, 0.29) is 28.1 Å². The minimum absolute atomic E-state index is 0.0801. The molecule has 9 heteroatoms. The van der Waals surface area contributed by atoms with Gasteiger partial charge in [-0.1, -0.05) is 23.9 Å². The summed E-state index contributed by atoms with van der Waals surface area (Å²) in [5.74, 6) is 1.41. The average molecular weight is 465 g/mol. The summed E-state index contributed by atoms with van der Waals surface area (Å²) in [5.41, 5.74) is 1.23. The van der Waals surface area contributed by atoms with E-state index in [9.17, 15) is 14.9 Å².